The van der Waals surface area contributed by atoms with Gasteiger partial charge in [-0.1, -0.05) is 13.8 Å². The van der Waals surface area contributed by atoms with Gasteiger partial charge < -0.3 is 10.1 Å². The van der Waals surface area contributed by atoms with E-state index < -0.39 is 0 Å². The number of benzene rings is 1. The first-order chi connectivity index (χ1) is 6.63. The molecule has 1 heterocycles. The van der Waals surface area contributed by atoms with Crippen LogP contribution in [0.4, 0.5) is 0 Å². The van der Waals surface area contributed by atoms with Gasteiger partial charge in [-0.15, -0.1) is 0 Å². The average molecular weight is 189 g/mol. The van der Waals surface area contributed by atoms with Crippen LogP contribution in [0.1, 0.15) is 31.4 Å². The fraction of sp³-hybridized carbons (Fsp3) is 0.417. The first-order valence-corrected chi connectivity index (χ1v) is 4.91. The maximum Gasteiger partial charge on any atom is 0.123 e. The topological polar surface area (TPSA) is 33.1 Å². The summed E-state index contributed by atoms with van der Waals surface area (Å²) in [4.78, 5) is 0. The second-order valence-corrected chi connectivity index (χ2v) is 4.38. The Morgan fingerprint density at radius 1 is 1.43 bits per heavy atom. The molecule has 0 aliphatic carbocycles. The number of nitrogens with one attached hydrogen (secondary N) is 1. The molecule has 2 heteroatoms. The van der Waals surface area contributed by atoms with E-state index in [4.69, 9.17) is 10.1 Å². The van der Waals surface area contributed by atoms with Gasteiger partial charge in [0.15, 0.2) is 0 Å². The molecule has 74 valence electrons. The molecule has 0 atom stereocenters. The Kier molecular flexibility index (Phi) is 2.06. The molecule has 2 nitrogen and oxygen atoms in total. The van der Waals surface area contributed by atoms with Crippen molar-refractivity contribution in [1.82, 2.24) is 0 Å². The van der Waals surface area contributed by atoms with Crippen LogP contribution in [0.25, 0.3) is 0 Å². The van der Waals surface area contributed by atoms with Gasteiger partial charge in [0, 0.05) is 11.8 Å². The summed E-state index contributed by atoms with van der Waals surface area (Å²) >= 11 is 0. The third-order valence-electron chi connectivity index (χ3n) is 2.88. The summed E-state index contributed by atoms with van der Waals surface area (Å²) in [6.07, 6.45) is 2.42. The molecule has 0 aromatic heterocycles. The minimum absolute atomic E-state index is 0.173. The molecule has 1 aliphatic heterocycles. The Bertz CT molecular complexity index is 369. The largest absolute Gasteiger partial charge is 0.493 e. The highest BCUT2D eigenvalue weighted by molar-refractivity contribution is 5.78. The molecular formula is C12H15NO. The smallest absolute Gasteiger partial charge is 0.123 e. The lowest BCUT2D eigenvalue weighted by molar-refractivity contribution is 0.234. The van der Waals surface area contributed by atoms with Crippen molar-refractivity contribution in [3.63, 3.8) is 0 Å². The normalized spacial score (nSPS) is 18.1. The average Bonchev–Trinajstić information content (AvgIpc) is 2.17. The molecule has 0 amide bonds. The molecule has 0 radical (unpaired) electrons. The number of fused-ring (bicyclic) bond motifs is 1. The monoisotopic (exact) mass is 189 g/mol. The molecule has 0 saturated heterocycles. The fourth-order valence-corrected chi connectivity index (χ4v) is 1.84. The third kappa shape index (κ3) is 1.41. The Labute approximate surface area is 84.4 Å². The van der Waals surface area contributed by atoms with Crippen molar-refractivity contribution < 1.29 is 4.74 Å². The second-order valence-electron chi connectivity index (χ2n) is 4.38. The molecule has 0 spiro atoms. The lowest BCUT2D eigenvalue weighted by atomic mass is 9.79. The lowest BCUT2D eigenvalue weighted by Crippen LogP contribution is -2.26. The Balaban J connectivity index is 2.54. The van der Waals surface area contributed by atoms with Crippen LogP contribution in [-0.2, 0) is 5.41 Å². The predicted octanol–water partition coefficient (Wildman–Crippen LogP) is 2.74. The molecule has 1 aromatic carbocycles. The quantitative estimate of drug-likeness (QED) is 0.677. The van der Waals surface area contributed by atoms with Gasteiger partial charge in [0.2, 0.25) is 0 Å². The van der Waals surface area contributed by atoms with Gasteiger partial charge in [0.1, 0.15) is 5.75 Å². The standard InChI is InChI=1S/C12H15NO/c1-12(2)5-6-14-11-4-3-9(8-13)7-10(11)12/h3-4,7-8,13H,5-6H2,1-2H3. The number of hydrogen-bond donors (Lipinski definition) is 1. The van der Waals surface area contributed by atoms with Gasteiger partial charge in [-0.25, -0.2) is 0 Å². The van der Waals surface area contributed by atoms with Crippen molar-refractivity contribution in [2.75, 3.05) is 6.61 Å². The molecule has 14 heavy (non-hydrogen) atoms. The molecular weight excluding hydrogens is 174 g/mol. The van der Waals surface area contributed by atoms with Crippen molar-refractivity contribution in [3.05, 3.63) is 29.3 Å². The van der Waals surface area contributed by atoms with E-state index in [0.29, 0.717) is 0 Å². The maximum absolute atomic E-state index is 7.22. The van der Waals surface area contributed by atoms with Gasteiger partial charge in [0.05, 0.1) is 6.61 Å². The molecule has 0 bridgehead atoms. The molecule has 0 fully saturated rings. The number of rotatable bonds is 1. The van der Waals surface area contributed by atoms with Crippen LogP contribution in [0.5, 0.6) is 5.75 Å². The summed E-state index contributed by atoms with van der Waals surface area (Å²) in [7, 11) is 0. The van der Waals surface area contributed by atoms with Crippen LogP contribution in [-0.4, -0.2) is 12.8 Å². The summed E-state index contributed by atoms with van der Waals surface area (Å²) in [5, 5.41) is 7.22. The van der Waals surface area contributed by atoms with Crippen LogP contribution in [0.3, 0.4) is 0 Å². The molecule has 1 N–H and O–H groups in total. The van der Waals surface area contributed by atoms with E-state index in [-0.39, 0.29) is 5.41 Å². The zero-order chi connectivity index (χ0) is 10.2. The predicted molar refractivity (Wildman–Crippen MR) is 57.5 cm³/mol. The number of hydrogen-bond acceptors (Lipinski definition) is 2. The van der Waals surface area contributed by atoms with Crippen molar-refractivity contribution in [2.45, 2.75) is 25.7 Å². The molecule has 1 aromatic rings. The number of ether oxygens (including phenoxy) is 1. The first-order valence-electron chi connectivity index (χ1n) is 4.91. The van der Waals surface area contributed by atoms with Crippen molar-refractivity contribution >= 4 is 6.21 Å². The minimum atomic E-state index is 0.173. The molecule has 2 rings (SSSR count). The summed E-state index contributed by atoms with van der Waals surface area (Å²) in [5.74, 6) is 0.979. The summed E-state index contributed by atoms with van der Waals surface area (Å²) in [6.45, 7) is 5.24. The summed E-state index contributed by atoms with van der Waals surface area (Å²) in [6, 6.07) is 5.95. The summed E-state index contributed by atoms with van der Waals surface area (Å²) < 4.78 is 5.58. The van der Waals surface area contributed by atoms with Crippen LogP contribution in [0.15, 0.2) is 18.2 Å². The van der Waals surface area contributed by atoms with Gasteiger partial charge in [-0.2, -0.15) is 0 Å². The lowest BCUT2D eigenvalue weighted by Gasteiger charge is -2.32. The van der Waals surface area contributed by atoms with Crippen molar-refractivity contribution in [2.24, 2.45) is 0 Å². The van der Waals surface area contributed by atoms with Gasteiger partial charge >= 0.3 is 0 Å². The first kappa shape index (κ1) is 9.25. The van der Waals surface area contributed by atoms with Crippen LogP contribution < -0.4 is 4.74 Å². The van der Waals surface area contributed by atoms with E-state index in [2.05, 4.69) is 19.9 Å². The van der Waals surface area contributed by atoms with E-state index in [0.717, 1.165) is 24.3 Å². The van der Waals surface area contributed by atoms with Crippen LogP contribution in [0.2, 0.25) is 0 Å². The van der Waals surface area contributed by atoms with E-state index in [9.17, 15) is 0 Å². The zero-order valence-electron chi connectivity index (χ0n) is 8.63. The molecule has 0 unspecified atom stereocenters. The van der Waals surface area contributed by atoms with Crippen LogP contribution in [0, 0.1) is 5.41 Å². The van der Waals surface area contributed by atoms with E-state index in [1.165, 1.54) is 11.8 Å². The van der Waals surface area contributed by atoms with Crippen molar-refractivity contribution in [1.29, 1.82) is 5.41 Å². The second kappa shape index (κ2) is 3.12. The third-order valence-corrected chi connectivity index (χ3v) is 2.88. The van der Waals surface area contributed by atoms with E-state index in [1.807, 2.05) is 12.1 Å². The molecule has 0 saturated carbocycles. The SMILES string of the molecule is CC1(C)CCOc2ccc(C=N)cc21. The van der Waals surface area contributed by atoms with E-state index in [1.54, 1.807) is 0 Å². The van der Waals surface area contributed by atoms with Crippen LogP contribution >= 0.6 is 0 Å². The van der Waals surface area contributed by atoms with Gasteiger partial charge in [-0.05, 0) is 35.6 Å². The summed E-state index contributed by atoms with van der Waals surface area (Å²) in [5.41, 5.74) is 2.35. The zero-order valence-corrected chi connectivity index (χ0v) is 8.63. The van der Waals surface area contributed by atoms with Crippen molar-refractivity contribution in [3.8, 4) is 5.75 Å². The highest BCUT2D eigenvalue weighted by Crippen LogP contribution is 2.38. The highest BCUT2D eigenvalue weighted by atomic mass is 16.5. The maximum atomic E-state index is 7.22. The fourth-order valence-electron chi connectivity index (χ4n) is 1.84. The highest BCUT2D eigenvalue weighted by Gasteiger charge is 2.28. The van der Waals surface area contributed by atoms with Gasteiger partial charge in [0.25, 0.3) is 0 Å². The minimum Gasteiger partial charge on any atom is -0.493 e. The Hall–Kier alpha value is -1.31. The van der Waals surface area contributed by atoms with Gasteiger partial charge in [-0.3, -0.25) is 0 Å². The Morgan fingerprint density at radius 3 is 2.93 bits per heavy atom. The molecule has 1 aliphatic rings. The van der Waals surface area contributed by atoms with E-state index >= 15 is 0 Å². The Morgan fingerprint density at radius 2 is 2.21 bits per heavy atom.